The summed E-state index contributed by atoms with van der Waals surface area (Å²) in [6.07, 6.45) is 0.551. The molecule has 0 saturated heterocycles. The highest BCUT2D eigenvalue weighted by Gasteiger charge is 2.23. The zero-order valence-corrected chi connectivity index (χ0v) is 16.6. The van der Waals surface area contributed by atoms with Gasteiger partial charge in [-0.05, 0) is 42.8 Å². The van der Waals surface area contributed by atoms with Crippen LogP contribution in [0.2, 0.25) is 0 Å². The Morgan fingerprint density at radius 2 is 1.69 bits per heavy atom. The topological polar surface area (TPSA) is 70.6 Å². The number of nitrogens with one attached hydrogen (secondary N) is 2. The summed E-state index contributed by atoms with van der Waals surface area (Å²) >= 11 is 0. The smallest absolute Gasteiger partial charge is 0.261 e. The van der Waals surface area contributed by atoms with Crippen molar-refractivity contribution in [3.05, 3.63) is 95.3 Å². The molecule has 0 fully saturated rings. The minimum absolute atomic E-state index is 0.212. The van der Waals surface area contributed by atoms with E-state index in [2.05, 4.69) is 15.2 Å². The van der Waals surface area contributed by atoms with Gasteiger partial charge in [-0.15, -0.1) is 0 Å². The minimum Gasteiger partial charge on any atom is -0.302 e. The van der Waals surface area contributed by atoms with Crippen molar-refractivity contribution in [2.75, 3.05) is 4.72 Å². The quantitative estimate of drug-likeness (QED) is 0.657. The van der Waals surface area contributed by atoms with Crippen LogP contribution in [-0.2, 0) is 10.0 Å². The predicted molar refractivity (Wildman–Crippen MR) is 112 cm³/mol. The molecular formula is C22H20FN3O2S. The van der Waals surface area contributed by atoms with Gasteiger partial charge >= 0.3 is 0 Å². The lowest BCUT2D eigenvalue weighted by molar-refractivity contribution is 0.549. The Balaban J connectivity index is 1.46. The molecule has 0 amide bonds. The van der Waals surface area contributed by atoms with Crippen molar-refractivity contribution in [2.24, 2.45) is 5.10 Å². The number of benzene rings is 3. The summed E-state index contributed by atoms with van der Waals surface area (Å²) in [5, 5.41) is 4.33. The lowest BCUT2D eigenvalue weighted by atomic mass is 9.99. The highest BCUT2D eigenvalue weighted by Crippen LogP contribution is 2.27. The van der Waals surface area contributed by atoms with Crippen molar-refractivity contribution < 1.29 is 12.8 Å². The third kappa shape index (κ3) is 4.14. The summed E-state index contributed by atoms with van der Waals surface area (Å²) in [5.41, 5.74) is 6.67. The molecule has 1 heterocycles. The molecule has 4 rings (SSSR count). The number of anilines is 1. The van der Waals surface area contributed by atoms with Gasteiger partial charge in [0.2, 0.25) is 0 Å². The molecular weight excluding hydrogens is 389 g/mol. The van der Waals surface area contributed by atoms with Gasteiger partial charge < -0.3 is 5.43 Å². The third-order valence-electron chi connectivity index (χ3n) is 4.84. The van der Waals surface area contributed by atoms with Crippen LogP contribution in [0, 0.1) is 12.7 Å². The maximum Gasteiger partial charge on any atom is 0.261 e. The molecule has 0 spiro atoms. The second-order valence-electron chi connectivity index (χ2n) is 6.96. The molecule has 5 nitrogen and oxygen atoms in total. The fourth-order valence-electron chi connectivity index (χ4n) is 3.22. The van der Waals surface area contributed by atoms with Gasteiger partial charge in [-0.2, -0.15) is 5.10 Å². The van der Waals surface area contributed by atoms with Crippen molar-refractivity contribution in [2.45, 2.75) is 24.3 Å². The molecule has 3 aromatic carbocycles. The van der Waals surface area contributed by atoms with Crippen LogP contribution >= 0.6 is 0 Å². The first-order chi connectivity index (χ1) is 13.9. The van der Waals surface area contributed by atoms with Crippen molar-refractivity contribution in [1.29, 1.82) is 0 Å². The number of sulfonamides is 1. The number of nitrogens with zero attached hydrogens (tertiary/aromatic N) is 1. The monoisotopic (exact) mass is 409 g/mol. The van der Waals surface area contributed by atoms with E-state index < -0.39 is 10.0 Å². The summed E-state index contributed by atoms with van der Waals surface area (Å²) in [6.45, 7) is 1.90. The molecule has 0 radical (unpaired) electrons. The average molecular weight is 409 g/mol. The fraction of sp³-hybridized carbons (Fsp3) is 0.136. The summed E-state index contributed by atoms with van der Waals surface area (Å²) in [7, 11) is -3.65. The van der Waals surface area contributed by atoms with Crippen LogP contribution in [0.15, 0.2) is 82.8 Å². The second kappa shape index (κ2) is 7.67. The van der Waals surface area contributed by atoms with Crippen LogP contribution < -0.4 is 10.1 Å². The Labute approximate surface area is 169 Å². The van der Waals surface area contributed by atoms with E-state index in [0.29, 0.717) is 17.7 Å². The standard InChI is InChI=1S/C22H20FN3O2S/c1-15-6-12-18(13-7-15)29(27,28)26-17-10-8-16(9-11-17)21-14-22(25-24-21)19-4-2-3-5-20(19)23/h2-13,22,25-26H,14H2,1H3. The zero-order chi connectivity index (χ0) is 20.4. The van der Waals surface area contributed by atoms with Gasteiger partial charge in [0.15, 0.2) is 0 Å². The first kappa shape index (κ1) is 19.1. The molecule has 2 N–H and O–H groups in total. The van der Waals surface area contributed by atoms with E-state index in [9.17, 15) is 12.8 Å². The molecule has 3 aromatic rings. The van der Waals surface area contributed by atoms with Gasteiger partial charge in [-0.1, -0.05) is 48.0 Å². The molecule has 0 bridgehead atoms. The molecule has 7 heteroatoms. The molecule has 1 aliphatic rings. The number of hydrogen-bond acceptors (Lipinski definition) is 4. The minimum atomic E-state index is -3.65. The first-order valence-corrected chi connectivity index (χ1v) is 10.7. The number of halogens is 1. The lowest BCUT2D eigenvalue weighted by Crippen LogP contribution is -2.13. The SMILES string of the molecule is Cc1ccc(S(=O)(=O)Nc2ccc(C3=NNC(c4ccccc4F)C3)cc2)cc1. The van der Waals surface area contributed by atoms with Crippen LogP contribution in [0.4, 0.5) is 10.1 Å². The zero-order valence-electron chi connectivity index (χ0n) is 15.8. The normalized spacial score (nSPS) is 16.2. The highest BCUT2D eigenvalue weighted by molar-refractivity contribution is 7.92. The van der Waals surface area contributed by atoms with Gasteiger partial charge in [0, 0.05) is 17.7 Å². The summed E-state index contributed by atoms with van der Waals surface area (Å²) in [4.78, 5) is 0.212. The van der Waals surface area contributed by atoms with Gasteiger partial charge in [-0.25, -0.2) is 12.8 Å². The van der Waals surface area contributed by atoms with E-state index in [1.54, 1.807) is 66.7 Å². The van der Waals surface area contributed by atoms with E-state index in [4.69, 9.17) is 0 Å². The second-order valence-corrected chi connectivity index (χ2v) is 8.64. The molecule has 0 aliphatic carbocycles. The highest BCUT2D eigenvalue weighted by atomic mass is 32.2. The van der Waals surface area contributed by atoms with Gasteiger partial charge in [0.05, 0.1) is 16.6 Å². The number of rotatable bonds is 5. The van der Waals surface area contributed by atoms with Gasteiger partial charge in [0.25, 0.3) is 10.0 Å². The largest absolute Gasteiger partial charge is 0.302 e. The Hall–Kier alpha value is -3.19. The van der Waals surface area contributed by atoms with Crippen LogP contribution in [0.25, 0.3) is 0 Å². The molecule has 1 atom stereocenters. The van der Waals surface area contributed by atoms with Crippen LogP contribution in [-0.4, -0.2) is 14.1 Å². The molecule has 148 valence electrons. The Morgan fingerprint density at radius 1 is 1.00 bits per heavy atom. The number of aryl methyl sites for hydroxylation is 1. The van der Waals surface area contributed by atoms with Crippen LogP contribution in [0.5, 0.6) is 0 Å². The Bertz CT molecular complexity index is 1160. The van der Waals surface area contributed by atoms with E-state index in [-0.39, 0.29) is 16.8 Å². The predicted octanol–water partition coefficient (Wildman–Crippen LogP) is 4.37. The number of hydrazone groups is 1. The van der Waals surface area contributed by atoms with Crippen LogP contribution in [0.3, 0.4) is 0 Å². The van der Waals surface area contributed by atoms with Gasteiger partial charge in [-0.3, -0.25) is 4.72 Å². The molecule has 1 unspecified atom stereocenters. The van der Waals surface area contributed by atoms with Crippen LogP contribution in [0.1, 0.15) is 29.2 Å². The van der Waals surface area contributed by atoms with Crippen molar-refractivity contribution >= 4 is 21.4 Å². The molecule has 29 heavy (non-hydrogen) atoms. The Kier molecular flexibility index (Phi) is 5.07. The van der Waals surface area contributed by atoms with Crippen molar-refractivity contribution in [3.63, 3.8) is 0 Å². The third-order valence-corrected chi connectivity index (χ3v) is 6.23. The fourth-order valence-corrected chi connectivity index (χ4v) is 4.28. The molecule has 0 aromatic heterocycles. The van der Waals surface area contributed by atoms with Crippen molar-refractivity contribution in [1.82, 2.24) is 5.43 Å². The average Bonchev–Trinajstić information content (AvgIpc) is 3.19. The summed E-state index contributed by atoms with van der Waals surface area (Å²) in [6, 6.07) is 20.1. The summed E-state index contributed by atoms with van der Waals surface area (Å²) < 4.78 is 41.6. The maximum absolute atomic E-state index is 14.0. The van der Waals surface area contributed by atoms with E-state index in [0.717, 1.165) is 16.8 Å². The lowest BCUT2D eigenvalue weighted by Gasteiger charge is -2.11. The summed E-state index contributed by atoms with van der Waals surface area (Å²) in [5.74, 6) is -0.262. The number of hydrogen-bond donors (Lipinski definition) is 2. The maximum atomic E-state index is 14.0. The van der Waals surface area contributed by atoms with Gasteiger partial charge in [0.1, 0.15) is 5.82 Å². The van der Waals surface area contributed by atoms with Crippen molar-refractivity contribution in [3.8, 4) is 0 Å². The first-order valence-electron chi connectivity index (χ1n) is 9.19. The molecule has 1 aliphatic heterocycles. The van der Waals surface area contributed by atoms with E-state index in [1.165, 1.54) is 6.07 Å². The molecule has 0 saturated carbocycles. The van der Waals surface area contributed by atoms with E-state index >= 15 is 0 Å². The van der Waals surface area contributed by atoms with E-state index in [1.807, 2.05) is 6.92 Å². The Morgan fingerprint density at radius 3 is 2.38 bits per heavy atom.